The van der Waals surface area contributed by atoms with Gasteiger partial charge in [-0.1, -0.05) is 51.1 Å². The van der Waals surface area contributed by atoms with Gasteiger partial charge < -0.3 is 9.53 Å². The Morgan fingerprint density at radius 2 is 1.92 bits per heavy atom. The average molecular weight is 360 g/mol. The van der Waals surface area contributed by atoms with Gasteiger partial charge in [-0.3, -0.25) is 0 Å². The molecular weight excluding hydrogens is 334 g/mol. The zero-order chi connectivity index (χ0) is 18.4. The SMILES string of the molecule is CC(C)(C)[Si](C)(C)OC1CC(c2ccccc2)n2nc(C(=O)O)nc21. The molecule has 2 heterocycles. The summed E-state index contributed by atoms with van der Waals surface area (Å²) >= 11 is 0. The Balaban J connectivity index is 1.99. The first kappa shape index (κ1) is 17.8. The van der Waals surface area contributed by atoms with E-state index in [2.05, 4.69) is 43.9 Å². The monoisotopic (exact) mass is 359 g/mol. The van der Waals surface area contributed by atoms with Crippen molar-refractivity contribution in [3.63, 3.8) is 0 Å². The van der Waals surface area contributed by atoms with E-state index in [0.29, 0.717) is 5.82 Å². The molecule has 1 aliphatic rings. The van der Waals surface area contributed by atoms with Gasteiger partial charge in [0.2, 0.25) is 0 Å². The predicted octanol–water partition coefficient (Wildman–Crippen LogP) is 4.03. The van der Waals surface area contributed by atoms with Crippen LogP contribution in [0.5, 0.6) is 0 Å². The molecule has 0 radical (unpaired) electrons. The number of rotatable bonds is 4. The molecule has 0 fully saturated rings. The molecule has 7 heteroatoms. The Morgan fingerprint density at radius 1 is 1.28 bits per heavy atom. The van der Waals surface area contributed by atoms with Crippen LogP contribution >= 0.6 is 0 Å². The molecule has 0 saturated carbocycles. The third kappa shape index (κ3) is 3.26. The number of hydrogen-bond donors (Lipinski definition) is 1. The molecule has 1 aromatic carbocycles. The quantitative estimate of drug-likeness (QED) is 0.834. The summed E-state index contributed by atoms with van der Waals surface area (Å²) in [5, 5.41) is 13.6. The molecule has 3 rings (SSSR count). The summed E-state index contributed by atoms with van der Waals surface area (Å²) in [4.78, 5) is 15.6. The molecule has 1 aromatic heterocycles. The molecule has 134 valence electrons. The van der Waals surface area contributed by atoms with Gasteiger partial charge in [-0.2, -0.15) is 0 Å². The minimum atomic E-state index is -2.02. The highest BCUT2D eigenvalue weighted by Crippen LogP contribution is 2.45. The van der Waals surface area contributed by atoms with E-state index in [1.807, 2.05) is 30.3 Å². The van der Waals surface area contributed by atoms with E-state index in [1.54, 1.807) is 4.68 Å². The van der Waals surface area contributed by atoms with E-state index in [-0.39, 0.29) is 23.0 Å². The maximum atomic E-state index is 11.3. The third-order valence-electron chi connectivity index (χ3n) is 5.30. The number of benzene rings is 1. The van der Waals surface area contributed by atoms with E-state index < -0.39 is 14.3 Å². The van der Waals surface area contributed by atoms with Gasteiger partial charge in [0.05, 0.1) is 6.04 Å². The number of fused-ring (bicyclic) bond motifs is 1. The molecule has 2 unspecified atom stereocenters. The van der Waals surface area contributed by atoms with E-state index in [9.17, 15) is 9.90 Å². The van der Waals surface area contributed by atoms with Crippen LogP contribution in [0.25, 0.3) is 0 Å². The number of nitrogens with zero attached hydrogens (tertiary/aromatic N) is 3. The minimum Gasteiger partial charge on any atom is -0.475 e. The van der Waals surface area contributed by atoms with Crippen LogP contribution in [-0.4, -0.2) is 34.2 Å². The van der Waals surface area contributed by atoms with Crippen molar-refractivity contribution in [1.82, 2.24) is 14.8 Å². The van der Waals surface area contributed by atoms with E-state index in [0.717, 1.165) is 12.0 Å². The second-order valence-electron chi connectivity index (χ2n) is 8.07. The minimum absolute atomic E-state index is 0.0495. The van der Waals surface area contributed by atoms with Gasteiger partial charge in [0.1, 0.15) is 6.10 Å². The zero-order valence-electron chi connectivity index (χ0n) is 15.4. The largest absolute Gasteiger partial charge is 0.475 e. The van der Waals surface area contributed by atoms with Crippen molar-refractivity contribution >= 4 is 14.3 Å². The van der Waals surface area contributed by atoms with Crippen LogP contribution in [0, 0.1) is 0 Å². The van der Waals surface area contributed by atoms with Gasteiger partial charge in [0, 0.05) is 6.42 Å². The Morgan fingerprint density at radius 3 is 2.48 bits per heavy atom. The molecule has 0 amide bonds. The van der Waals surface area contributed by atoms with Crippen molar-refractivity contribution in [3.8, 4) is 0 Å². The van der Waals surface area contributed by atoms with Gasteiger partial charge in [-0.05, 0) is 23.7 Å². The fourth-order valence-corrected chi connectivity index (χ4v) is 4.14. The summed E-state index contributed by atoms with van der Waals surface area (Å²) in [5.74, 6) is -0.657. The standard InChI is InChI=1S/C18H25N3O3Si/c1-18(2,3)25(4,5)24-14-11-13(12-9-7-6-8-10-12)21-16(14)19-15(20-21)17(22)23/h6-10,13-14H,11H2,1-5H3,(H,22,23). The van der Waals surface area contributed by atoms with Crippen molar-refractivity contribution < 1.29 is 14.3 Å². The fraction of sp³-hybridized carbons (Fsp3) is 0.500. The topological polar surface area (TPSA) is 77.2 Å². The highest BCUT2D eigenvalue weighted by atomic mass is 28.4. The lowest BCUT2D eigenvalue weighted by molar-refractivity contribution is 0.0682. The van der Waals surface area contributed by atoms with Gasteiger partial charge in [-0.25, -0.2) is 14.5 Å². The Kier molecular flexibility index (Phi) is 4.32. The Hall–Kier alpha value is -1.99. The summed E-state index contributed by atoms with van der Waals surface area (Å²) < 4.78 is 8.29. The average Bonchev–Trinajstić information content (AvgIpc) is 3.07. The van der Waals surface area contributed by atoms with Crippen LogP contribution in [0.4, 0.5) is 0 Å². The lowest BCUT2D eigenvalue weighted by Gasteiger charge is -2.38. The van der Waals surface area contributed by atoms with E-state index >= 15 is 0 Å². The highest BCUT2D eigenvalue weighted by molar-refractivity contribution is 6.74. The molecule has 0 spiro atoms. The molecule has 1 N–H and O–H groups in total. The second kappa shape index (κ2) is 6.07. The number of carbonyl (C=O) groups is 1. The van der Waals surface area contributed by atoms with Crippen LogP contribution < -0.4 is 0 Å². The van der Waals surface area contributed by atoms with Crippen LogP contribution in [0.15, 0.2) is 30.3 Å². The fourth-order valence-electron chi connectivity index (χ4n) is 2.87. The lowest BCUT2D eigenvalue weighted by atomic mass is 10.0. The zero-order valence-corrected chi connectivity index (χ0v) is 16.4. The van der Waals surface area contributed by atoms with Crippen LogP contribution in [0.2, 0.25) is 18.1 Å². The molecule has 2 aromatic rings. The summed E-state index contributed by atoms with van der Waals surface area (Å²) in [7, 11) is -2.02. The van der Waals surface area contributed by atoms with Crippen molar-refractivity contribution in [2.24, 2.45) is 0 Å². The van der Waals surface area contributed by atoms with Crippen molar-refractivity contribution in [3.05, 3.63) is 47.5 Å². The molecule has 25 heavy (non-hydrogen) atoms. The van der Waals surface area contributed by atoms with Gasteiger partial charge in [0.25, 0.3) is 5.82 Å². The van der Waals surface area contributed by atoms with Gasteiger partial charge >= 0.3 is 5.97 Å². The number of hydrogen-bond acceptors (Lipinski definition) is 4. The van der Waals surface area contributed by atoms with Crippen molar-refractivity contribution in [2.45, 2.75) is 57.5 Å². The van der Waals surface area contributed by atoms with Crippen LogP contribution in [0.1, 0.15) is 61.3 Å². The van der Waals surface area contributed by atoms with E-state index in [1.165, 1.54) is 0 Å². The normalized spacial score (nSPS) is 20.5. The van der Waals surface area contributed by atoms with Crippen molar-refractivity contribution in [2.75, 3.05) is 0 Å². The predicted molar refractivity (Wildman–Crippen MR) is 97.2 cm³/mol. The van der Waals surface area contributed by atoms with Gasteiger partial charge in [0.15, 0.2) is 14.1 Å². The summed E-state index contributed by atoms with van der Waals surface area (Å²) in [6, 6.07) is 9.94. The number of carboxylic acid groups (broad SMARTS) is 1. The molecule has 6 nitrogen and oxygen atoms in total. The smallest absolute Gasteiger partial charge is 0.375 e. The summed E-state index contributed by atoms with van der Waals surface area (Å²) in [6.07, 6.45) is 0.498. The first-order chi connectivity index (χ1) is 11.6. The Bertz CT molecular complexity index is 781. The van der Waals surface area contributed by atoms with Crippen LogP contribution in [0.3, 0.4) is 0 Å². The second-order valence-corrected chi connectivity index (χ2v) is 12.8. The third-order valence-corrected chi connectivity index (χ3v) is 9.78. The lowest BCUT2D eigenvalue weighted by Crippen LogP contribution is -2.41. The first-order valence-electron chi connectivity index (χ1n) is 8.52. The summed E-state index contributed by atoms with van der Waals surface area (Å²) in [5.41, 5.74) is 1.09. The molecule has 0 aliphatic carbocycles. The Labute approximate surface area is 149 Å². The molecular formula is C18H25N3O3Si. The summed E-state index contributed by atoms with van der Waals surface area (Å²) in [6.45, 7) is 11.0. The van der Waals surface area contributed by atoms with Gasteiger partial charge in [-0.15, -0.1) is 5.10 Å². The molecule has 0 bridgehead atoms. The van der Waals surface area contributed by atoms with E-state index in [4.69, 9.17) is 4.43 Å². The maximum Gasteiger partial charge on any atom is 0.375 e. The molecule has 2 atom stereocenters. The van der Waals surface area contributed by atoms with Crippen LogP contribution in [-0.2, 0) is 4.43 Å². The highest BCUT2D eigenvalue weighted by Gasteiger charge is 2.44. The number of aromatic carboxylic acids is 1. The van der Waals surface area contributed by atoms with Crippen molar-refractivity contribution in [1.29, 1.82) is 0 Å². The molecule has 0 saturated heterocycles. The first-order valence-corrected chi connectivity index (χ1v) is 11.4. The number of aromatic nitrogens is 3. The molecule has 1 aliphatic heterocycles. The number of carboxylic acids is 1. The maximum absolute atomic E-state index is 11.3.